The summed E-state index contributed by atoms with van der Waals surface area (Å²) in [4.78, 5) is 23.0. The van der Waals surface area contributed by atoms with Crippen LogP contribution in [-0.2, 0) is 4.74 Å². The predicted octanol–water partition coefficient (Wildman–Crippen LogP) is 2.84. The van der Waals surface area contributed by atoms with E-state index in [0.29, 0.717) is 0 Å². The Balaban J connectivity index is 2.19. The number of nitrogens with zero attached hydrogens (tertiary/aromatic N) is 1. The minimum Gasteiger partial charge on any atom is -0.456 e. The monoisotopic (exact) mass is 306 g/mol. The highest BCUT2D eigenvalue weighted by atomic mass is 16.6. The first-order valence-corrected chi connectivity index (χ1v) is 7.50. The quantitative estimate of drug-likeness (QED) is 0.525. The molecule has 0 aliphatic carbocycles. The van der Waals surface area contributed by atoms with Crippen molar-refractivity contribution in [1.82, 2.24) is 5.32 Å². The lowest BCUT2D eigenvalue weighted by molar-refractivity contribution is -0.385. The molecule has 1 aromatic rings. The molecule has 6 nitrogen and oxygen atoms in total. The molecule has 1 aromatic carbocycles. The maximum Gasteiger partial charge on any atom is 0.345 e. The van der Waals surface area contributed by atoms with Crippen molar-refractivity contribution in [2.45, 2.75) is 39.2 Å². The van der Waals surface area contributed by atoms with Crippen LogP contribution in [0.3, 0.4) is 0 Å². The number of ether oxygens (including phenoxy) is 1. The third kappa shape index (κ3) is 3.62. The minimum atomic E-state index is -0.641. The molecule has 1 fully saturated rings. The number of esters is 1. The molecule has 0 bridgehead atoms. The zero-order valence-electron chi connectivity index (χ0n) is 13.2. The van der Waals surface area contributed by atoms with Crippen molar-refractivity contribution in [2.24, 2.45) is 5.92 Å². The topological polar surface area (TPSA) is 81.5 Å². The second-order valence-corrected chi connectivity index (χ2v) is 6.29. The Morgan fingerprint density at radius 1 is 1.36 bits per heavy atom. The Hall–Kier alpha value is -1.95. The number of carbonyl (C=O) groups excluding carboxylic acids is 1. The number of nitro benzene ring substituents is 1. The van der Waals surface area contributed by atoms with Crippen molar-refractivity contribution in [1.29, 1.82) is 0 Å². The van der Waals surface area contributed by atoms with E-state index in [2.05, 4.69) is 5.32 Å². The van der Waals surface area contributed by atoms with Gasteiger partial charge in [0.25, 0.3) is 5.69 Å². The number of benzene rings is 1. The maximum atomic E-state index is 12.4. The number of aryl methyl sites for hydroxylation is 1. The average molecular weight is 306 g/mol. The van der Waals surface area contributed by atoms with Crippen LogP contribution < -0.4 is 5.32 Å². The first kappa shape index (κ1) is 16.4. The molecule has 1 heterocycles. The number of nitro groups is 1. The molecule has 22 heavy (non-hydrogen) atoms. The Labute approximate surface area is 130 Å². The van der Waals surface area contributed by atoms with Gasteiger partial charge in [-0.2, -0.15) is 0 Å². The molecular formula is C16H22N2O4. The molecule has 0 radical (unpaired) electrons. The maximum absolute atomic E-state index is 12.4. The molecule has 1 saturated heterocycles. The first-order chi connectivity index (χ1) is 10.3. The summed E-state index contributed by atoms with van der Waals surface area (Å²) in [6.45, 7) is 7.30. The van der Waals surface area contributed by atoms with Gasteiger partial charge in [-0.1, -0.05) is 6.07 Å². The van der Waals surface area contributed by atoms with Crippen LogP contribution in [0, 0.1) is 23.0 Å². The van der Waals surface area contributed by atoms with Gasteiger partial charge in [0.1, 0.15) is 11.2 Å². The smallest absolute Gasteiger partial charge is 0.345 e. The van der Waals surface area contributed by atoms with Crippen LogP contribution in [0.15, 0.2) is 18.2 Å². The van der Waals surface area contributed by atoms with Gasteiger partial charge in [0.2, 0.25) is 0 Å². The third-order valence-corrected chi connectivity index (χ3v) is 4.25. The molecule has 1 N–H and O–H groups in total. The lowest BCUT2D eigenvalue weighted by Gasteiger charge is -2.36. The molecular weight excluding hydrogens is 284 g/mol. The third-order valence-electron chi connectivity index (χ3n) is 4.25. The molecule has 0 atom stereocenters. The average Bonchev–Trinajstić information content (AvgIpc) is 2.47. The van der Waals surface area contributed by atoms with Crippen LogP contribution in [0.5, 0.6) is 0 Å². The Morgan fingerprint density at radius 2 is 2.00 bits per heavy atom. The van der Waals surface area contributed by atoms with Crippen LogP contribution in [0.1, 0.15) is 42.6 Å². The lowest BCUT2D eigenvalue weighted by Crippen LogP contribution is -2.42. The second kappa shape index (κ2) is 6.44. The standard InChI is InChI=1S/C16H22N2O4/c1-11-4-5-13(14(10-11)18(20)21)15(19)22-16(2,3)12-6-8-17-9-7-12/h4-5,10,12,17H,6-9H2,1-3H3. The van der Waals surface area contributed by atoms with E-state index in [1.54, 1.807) is 13.0 Å². The van der Waals surface area contributed by atoms with E-state index in [1.165, 1.54) is 12.1 Å². The normalized spacial score (nSPS) is 16.3. The molecule has 0 saturated carbocycles. The summed E-state index contributed by atoms with van der Waals surface area (Å²) in [5.41, 5.74) is -0.0950. The van der Waals surface area contributed by atoms with Crippen LogP contribution in [-0.4, -0.2) is 29.6 Å². The molecule has 1 aliphatic rings. The van der Waals surface area contributed by atoms with Crippen molar-refractivity contribution in [3.05, 3.63) is 39.4 Å². The van der Waals surface area contributed by atoms with Crippen molar-refractivity contribution < 1.29 is 14.5 Å². The number of rotatable bonds is 4. The fourth-order valence-electron chi connectivity index (χ4n) is 2.86. The minimum absolute atomic E-state index is 0.0117. The molecule has 2 rings (SSSR count). The van der Waals surface area contributed by atoms with Crippen molar-refractivity contribution in [2.75, 3.05) is 13.1 Å². The summed E-state index contributed by atoms with van der Waals surface area (Å²) in [6.07, 6.45) is 1.85. The van der Waals surface area contributed by atoms with E-state index < -0.39 is 16.5 Å². The SMILES string of the molecule is Cc1ccc(C(=O)OC(C)(C)C2CCNCC2)c([N+](=O)[O-])c1. The van der Waals surface area contributed by atoms with Gasteiger partial charge in [0, 0.05) is 12.0 Å². The van der Waals surface area contributed by atoms with Gasteiger partial charge in [-0.15, -0.1) is 0 Å². The zero-order valence-corrected chi connectivity index (χ0v) is 13.2. The molecule has 1 aliphatic heterocycles. The summed E-state index contributed by atoms with van der Waals surface area (Å²) in [6, 6.07) is 4.55. The van der Waals surface area contributed by atoms with Gasteiger partial charge in [-0.3, -0.25) is 10.1 Å². The van der Waals surface area contributed by atoms with Crippen LogP contribution in [0.25, 0.3) is 0 Å². The second-order valence-electron chi connectivity index (χ2n) is 6.29. The van der Waals surface area contributed by atoms with Crippen LogP contribution >= 0.6 is 0 Å². The van der Waals surface area contributed by atoms with Gasteiger partial charge < -0.3 is 10.1 Å². The Bertz CT molecular complexity index is 578. The summed E-state index contributed by atoms with van der Waals surface area (Å²) >= 11 is 0. The predicted molar refractivity (Wildman–Crippen MR) is 82.9 cm³/mol. The lowest BCUT2D eigenvalue weighted by atomic mass is 9.83. The fourth-order valence-corrected chi connectivity index (χ4v) is 2.86. The van der Waals surface area contributed by atoms with Crippen LogP contribution in [0.4, 0.5) is 5.69 Å². The van der Waals surface area contributed by atoms with Crippen molar-refractivity contribution in [3.8, 4) is 0 Å². The molecule has 0 aromatic heterocycles. The van der Waals surface area contributed by atoms with Crippen molar-refractivity contribution >= 4 is 11.7 Å². The number of carbonyl (C=O) groups is 1. The summed E-state index contributed by atoms with van der Waals surface area (Å²) in [5.74, 6) is -0.377. The highest BCUT2D eigenvalue weighted by Gasteiger charge is 2.35. The van der Waals surface area contributed by atoms with Gasteiger partial charge in [0.05, 0.1) is 4.92 Å². The largest absolute Gasteiger partial charge is 0.456 e. The molecule has 6 heteroatoms. The van der Waals surface area contributed by atoms with Crippen LogP contribution in [0.2, 0.25) is 0 Å². The Kier molecular flexibility index (Phi) is 4.81. The number of nitrogens with one attached hydrogen (secondary N) is 1. The first-order valence-electron chi connectivity index (χ1n) is 7.50. The highest BCUT2D eigenvalue weighted by molar-refractivity contribution is 5.94. The highest BCUT2D eigenvalue weighted by Crippen LogP contribution is 2.31. The van der Waals surface area contributed by atoms with Gasteiger partial charge in [-0.25, -0.2) is 4.79 Å². The molecule has 0 spiro atoms. The van der Waals surface area contributed by atoms with Gasteiger partial charge in [-0.05, 0) is 58.3 Å². The number of piperidine rings is 1. The molecule has 0 amide bonds. The number of hydrogen-bond acceptors (Lipinski definition) is 5. The summed E-state index contributed by atoms with van der Waals surface area (Å²) < 4.78 is 5.62. The molecule has 0 unspecified atom stereocenters. The summed E-state index contributed by atoms with van der Waals surface area (Å²) in [5, 5.41) is 14.4. The number of hydrogen-bond donors (Lipinski definition) is 1. The Morgan fingerprint density at radius 3 is 2.59 bits per heavy atom. The van der Waals surface area contributed by atoms with E-state index in [0.717, 1.165) is 31.5 Å². The van der Waals surface area contributed by atoms with E-state index in [4.69, 9.17) is 4.74 Å². The van der Waals surface area contributed by atoms with E-state index in [1.807, 2.05) is 13.8 Å². The summed E-state index contributed by atoms with van der Waals surface area (Å²) in [7, 11) is 0. The van der Waals surface area contributed by atoms with Crippen molar-refractivity contribution in [3.63, 3.8) is 0 Å². The zero-order chi connectivity index (χ0) is 16.3. The van der Waals surface area contributed by atoms with E-state index >= 15 is 0 Å². The van der Waals surface area contributed by atoms with Gasteiger partial charge >= 0.3 is 5.97 Å². The molecule has 120 valence electrons. The fraction of sp³-hybridized carbons (Fsp3) is 0.562. The van der Waals surface area contributed by atoms with E-state index in [-0.39, 0.29) is 17.2 Å². The van der Waals surface area contributed by atoms with E-state index in [9.17, 15) is 14.9 Å². The van der Waals surface area contributed by atoms with Gasteiger partial charge in [0.15, 0.2) is 0 Å².